The summed E-state index contributed by atoms with van der Waals surface area (Å²) >= 11 is 0. The zero-order chi connectivity index (χ0) is 12.3. The molecule has 1 heterocycles. The highest BCUT2D eigenvalue weighted by atomic mass is 16.1. The van der Waals surface area contributed by atoms with Gasteiger partial charge in [-0.15, -0.1) is 0 Å². The average Bonchev–Trinajstić information content (AvgIpc) is 2.37. The minimum atomic E-state index is 0.0733. The number of carbonyl (C=O) groups excluding carboxylic acids is 1. The van der Waals surface area contributed by atoms with E-state index in [4.69, 9.17) is 0 Å². The third-order valence-corrected chi connectivity index (χ3v) is 3.42. The van der Waals surface area contributed by atoms with E-state index in [1.165, 1.54) is 11.1 Å². The molecular formula is C14H20N2O. The van der Waals surface area contributed by atoms with Crippen molar-refractivity contribution in [1.29, 1.82) is 0 Å². The van der Waals surface area contributed by atoms with Crippen molar-refractivity contribution in [2.45, 2.75) is 33.2 Å². The Morgan fingerprint density at radius 2 is 2.29 bits per heavy atom. The summed E-state index contributed by atoms with van der Waals surface area (Å²) in [5.74, 6) is 0.181. The van der Waals surface area contributed by atoms with Crippen molar-refractivity contribution in [3.8, 4) is 0 Å². The fourth-order valence-electron chi connectivity index (χ4n) is 2.01. The van der Waals surface area contributed by atoms with Gasteiger partial charge in [0.2, 0.25) is 5.91 Å². The molecule has 2 N–H and O–H groups in total. The van der Waals surface area contributed by atoms with Crippen LogP contribution in [0.15, 0.2) is 18.2 Å². The van der Waals surface area contributed by atoms with Gasteiger partial charge >= 0.3 is 0 Å². The van der Waals surface area contributed by atoms with Gasteiger partial charge in [0.05, 0.1) is 0 Å². The maximum atomic E-state index is 11.8. The van der Waals surface area contributed by atoms with E-state index in [-0.39, 0.29) is 11.8 Å². The Morgan fingerprint density at radius 3 is 3.06 bits per heavy atom. The second-order valence-corrected chi connectivity index (χ2v) is 4.71. The molecule has 3 heteroatoms. The van der Waals surface area contributed by atoms with E-state index >= 15 is 0 Å². The third-order valence-electron chi connectivity index (χ3n) is 3.42. The minimum absolute atomic E-state index is 0.0733. The Bertz CT molecular complexity index is 415. The number of anilines is 1. The largest absolute Gasteiger partial charge is 0.326 e. The highest BCUT2D eigenvalue weighted by Crippen LogP contribution is 2.19. The lowest BCUT2D eigenvalue weighted by atomic mass is 10.0. The SMILES string of the molecule is CCC(C)C(=O)Nc1ccc2c(c1)CNCC2. The van der Waals surface area contributed by atoms with Gasteiger partial charge in [0.1, 0.15) is 0 Å². The van der Waals surface area contributed by atoms with Crippen LogP contribution in [0.25, 0.3) is 0 Å². The van der Waals surface area contributed by atoms with Gasteiger partial charge in [-0.3, -0.25) is 4.79 Å². The molecule has 3 nitrogen and oxygen atoms in total. The molecular weight excluding hydrogens is 212 g/mol. The molecule has 0 spiro atoms. The maximum Gasteiger partial charge on any atom is 0.227 e. The summed E-state index contributed by atoms with van der Waals surface area (Å²) in [6.45, 7) is 5.93. The first kappa shape index (κ1) is 12.1. The standard InChI is InChI=1S/C14H20N2O/c1-3-10(2)14(17)16-13-5-4-11-6-7-15-9-12(11)8-13/h4-5,8,10,15H,3,6-7,9H2,1-2H3,(H,16,17). The molecule has 0 saturated carbocycles. The summed E-state index contributed by atoms with van der Waals surface area (Å²) in [7, 11) is 0. The Kier molecular flexibility index (Phi) is 3.79. The zero-order valence-corrected chi connectivity index (χ0v) is 10.5. The van der Waals surface area contributed by atoms with Crippen LogP contribution < -0.4 is 10.6 Å². The Hall–Kier alpha value is -1.35. The van der Waals surface area contributed by atoms with Gasteiger partial charge in [-0.25, -0.2) is 0 Å². The molecule has 2 rings (SSSR count). The third kappa shape index (κ3) is 2.86. The van der Waals surface area contributed by atoms with E-state index in [1.807, 2.05) is 19.9 Å². The minimum Gasteiger partial charge on any atom is -0.326 e. The van der Waals surface area contributed by atoms with Gasteiger partial charge in [-0.2, -0.15) is 0 Å². The molecule has 0 saturated heterocycles. The first-order chi connectivity index (χ1) is 8.20. The van der Waals surface area contributed by atoms with Gasteiger partial charge in [-0.05, 0) is 42.6 Å². The number of fused-ring (bicyclic) bond motifs is 1. The van der Waals surface area contributed by atoms with E-state index < -0.39 is 0 Å². The molecule has 0 aromatic heterocycles. The molecule has 0 fully saturated rings. The van der Waals surface area contributed by atoms with Gasteiger partial charge in [0.15, 0.2) is 0 Å². The molecule has 1 unspecified atom stereocenters. The molecule has 0 aliphatic carbocycles. The van der Waals surface area contributed by atoms with Crippen LogP contribution in [-0.2, 0) is 17.8 Å². The Labute approximate surface area is 103 Å². The smallest absolute Gasteiger partial charge is 0.227 e. The Morgan fingerprint density at radius 1 is 1.47 bits per heavy atom. The average molecular weight is 232 g/mol. The van der Waals surface area contributed by atoms with Gasteiger partial charge in [0, 0.05) is 18.2 Å². The number of carbonyl (C=O) groups is 1. The van der Waals surface area contributed by atoms with Crippen LogP contribution in [-0.4, -0.2) is 12.5 Å². The number of rotatable bonds is 3. The van der Waals surface area contributed by atoms with Crippen molar-refractivity contribution in [3.05, 3.63) is 29.3 Å². The second kappa shape index (κ2) is 5.32. The number of amides is 1. The fourth-order valence-corrected chi connectivity index (χ4v) is 2.01. The number of benzene rings is 1. The van der Waals surface area contributed by atoms with E-state index in [9.17, 15) is 4.79 Å². The lowest BCUT2D eigenvalue weighted by Crippen LogP contribution is -2.24. The summed E-state index contributed by atoms with van der Waals surface area (Å²) in [5, 5.41) is 6.32. The highest BCUT2D eigenvalue weighted by molar-refractivity contribution is 5.92. The van der Waals surface area contributed by atoms with E-state index in [1.54, 1.807) is 0 Å². The second-order valence-electron chi connectivity index (χ2n) is 4.71. The molecule has 1 atom stereocenters. The first-order valence-electron chi connectivity index (χ1n) is 6.34. The van der Waals surface area contributed by atoms with Gasteiger partial charge in [-0.1, -0.05) is 19.9 Å². The molecule has 1 aromatic rings. The van der Waals surface area contributed by atoms with Crippen LogP contribution in [0.3, 0.4) is 0 Å². The topological polar surface area (TPSA) is 41.1 Å². The van der Waals surface area contributed by atoms with Crippen molar-refractivity contribution in [2.24, 2.45) is 5.92 Å². The summed E-state index contributed by atoms with van der Waals surface area (Å²) in [6.07, 6.45) is 1.95. The van der Waals surface area contributed by atoms with E-state index in [0.717, 1.165) is 31.6 Å². The molecule has 1 amide bonds. The van der Waals surface area contributed by atoms with Gasteiger partial charge in [0.25, 0.3) is 0 Å². The molecule has 1 aliphatic heterocycles. The predicted molar refractivity (Wildman–Crippen MR) is 69.9 cm³/mol. The quantitative estimate of drug-likeness (QED) is 0.839. The monoisotopic (exact) mass is 232 g/mol. The Balaban J connectivity index is 2.09. The van der Waals surface area contributed by atoms with Gasteiger partial charge < -0.3 is 10.6 Å². The fraction of sp³-hybridized carbons (Fsp3) is 0.500. The van der Waals surface area contributed by atoms with Crippen LogP contribution in [0.1, 0.15) is 31.4 Å². The number of hydrogen-bond donors (Lipinski definition) is 2. The number of hydrogen-bond acceptors (Lipinski definition) is 2. The van der Waals surface area contributed by atoms with Crippen molar-refractivity contribution in [2.75, 3.05) is 11.9 Å². The maximum absolute atomic E-state index is 11.8. The van der Waals surface area contributed by atoms with Crippen LogP contribution in [0.2, 0.25) is 0 Å². The molecule has 1 aliphatic rings. The molecule has 0 radical (unpaired) electrons. The summed E-state index contributed by atoms with van der Waals surface area (Å²) in [4.78, 5) is 11.8. The lowest BCUT2D eigenvalue weighted by molar-refractivity contribution is -0.119. The summed E-state index contributed by atoms with van der Waals surface area (Å²) in [6, 6.07) is 6.22. The van der Waals surface area contributed by atoms with Crippen LogP contribution in [0.5, 0.6) is 0 Å². The summed E-state index contributed by atoms with van der Waals surface area (Å²) in [5.41, 5.74) is 3.61. The molecule has 1 aromatic carbocycles. The number of nitrogens with one attached hydrogen (secondary N) is 2. The zero-order valence-electron chi connectivity index (χ0n) is 10.5. The molecule has 0 bridgehead atoms. The van der Waals surface area contributed by atoms with Crippen molar-refractivity contribution >= 4 is 11.6 Å². The van der Waals surface area contributed by atoms with Crippen LogP contribution >= 0.6 is 0 Å². The highest BCUT2D eigenvalue weighted by Gasteiger charge is 2.13. The van der Waals surface area contributed by atoms with Crippen molar-refractivity contribution < 1.29 is 4.79 Å². The van der Waals surface area contributed by atoms with Crippen molar-refractivity contribution in [3.63, 3.8) is 0 Å². The normalized spacial score (nSPS) is 16.1. The van der Waals surface area contributed by atoms with E-state index in [0.29, 0.717) is 0 Å². The van der Waals surface area contributed by atoms with Crippen LogP contribution in [0.4, 0.5) is 5.69 Å². The predicted octanol–water partition coefficient (Wildman–Crippen LogP) is 2.32. The van der Waals surface area contributed by atoms with Crippen LogP contribution in [0, 0.1) is 5.92 Å². The summed E-state index contributed by atoms with van der Waals surface area (Å²) < 4.78 is 0. The molecule has 17 heavy (non-hydrogen) atoms. The first-order valence-corrected chi connectivity index (χ1v) is 6.34. The van der Waals surface area contributed by atoms with E-state index in [2.05, 4.69) is 22.8 Å². The molecule has 92 valence electrons. The van der Waals surface area contributed by atoms with Crippen molar-refractivity contribution in [1.82, 2.24) is 5.32 Å². The lowest BCUT2D eigenvalue weighted by Gasteiger charge is -2.18.